The van der Waals surface area contributed by atoms with Gasteiger partial charge in [0.15, 0.2) is 0 Å². The van der Waals surface area contributed by atoms with Gasteiger partial charge < -0.3 is 10.1 Å². The lowest BCUT2D eigenvalue weighted by molar-refractivity contribution is 0.0628. The Bertz CT molecular complexity index is 611. The topological polar surface area (TPSA) is 21.3 Å². The van der Waals surface area contributed by atoms with Crippen LogP contribution in [-0.4, -0.2) is 18.7 Å². The molecule has 2 bridgehead atoms. The highest BCUT2D eigenvalue weighted by molar-refractivity contribution is 5.57. The summed E-state index contributed by atoms with van der Waals surface area (Å²) in [5.74, 6) is 2.07. The first kappa shape index (κ1) is 9.82. The fraction of sp³-hybridized carbons (Fsp3) is 0.647. The van der Waals surface area contributed by atoms with Crippen molar-refractivity contribution in [2.45, 2.75) is 49.7 Å². The smallest absolute Gasteiger partial charge is 0.123 e. The van der Waals surface area contributed by atoms with Gasteiger partial charge >= 0.3 is 0 Å². The molecule has 19 heavy (non-hydrogen) atoms. The summed E-state index contributed by atoms with van der Waals surface area (Å²) in [6, 6.07) is 7.57. The van der Waals surface area contributed by atoms with Gasteiger partial charge in [-0.25, -0.2) is 0 Å². The van der Waals surface area contributed by atoms with Crippen LogP contribution in [0.25, 0.3) is 0 Å². The number of benzene rings is 1. The molecule has 2 heterocycles. The van der Waals surface area contributed by atoms with Gasteiger partial charge in [-0.2, -0.15) is 0 Å². The van der Waals surface area contributed by atoms with Crippen LogP contribution in [0.3, 0.4) is 0 Å². The number of hydrogen-bond donors (Lipinski definition) is 1. The quantitative estimate of drug-likeness (QED) is 0.766. The number of nitrogens with one attached hydrogen (secondary N) is 1. The Morgan fingerprint density at radius 1 is 1.26 bits per heavy atom. The predicted molar refractivity (Wildman–Crippen MR) is 72.4 cm³/mol. The van der Waals surface area contributed by atoms with Crippen molar-refractivity contribution in [3.8, 4) is 5.75 Å². The van der Waals surface area contributed by atoms with Crippen molar-refractivity contribution >= 4 is 0 Å². The third-order valence-electron chi connectivity index (χ3n) is 6.99. The van der Waals surface area contributed by atoms with E-state index in [0.717, 1.165) is 12.0 Å². The normalized spacial score (nSPS) is 51.1. The Morgan fingerprint density at radius 2 is 2.26 bits per heavy atom. The van der Waals surface area contributed by atoms with Gasteiger partial charge in [-0.3, -0.25) is 0 Å². The standard InChI is InChI=1S/C17H19NO/c1-3-10-7-16-8-17-11(15(16)18-9-16)4-2-6-13(17)19-12(5-1)14(10)17/h1,3,5,11,13,15,18H,2,4,6-9H2/t11?,13-,15?,16?,17?/m0/s1. The van der Waals surface area contributed by atoms with E-state index in [0.29, 0.717) is 16.9 Å². The summed E-state index contributed by atoms with van der Waals surface area (Å²) in [6.07, 6.45) is 7.21. The average molecular weight is 253 g/mol. The minimum absolute atomic E-state index is 0.386. The molecular formula is C17H19NO. The summed E-state index contributed by atoms with van der Waals surface area (Å²) in [6.45, 7) is 1.24. The fourth-order valence-electron chi connectivity index (χ4n) is 6.54. The molecule has 98 valence electrons. The monoisotopic (exact) mass is 253 g/mol. The Morgan fingerprint density at radius 3 is 3.16 bits per heavy atom. The second kappa shape index (κ2) is 2.71. The van der Waals surface area contributed by atoms with Crippen molar-refractivity contribution < 1.29 is 4.74 Å². The zero-order chi connectivity index (χ0) is 12.2. The first-order valence-corrected chi connectivity index (χ1v) is 7.86. The van der Waals surface area contributed by atoms with E-state index >= 15 is 0 Å². The molecule has 0 aromatic heterocycles. The van der Waals surface area contributed by atoms with Crippen LogP contribution in [0.2, 0.25) is 0 Å². The van der Waals surface area contributed by atoms with E-state index in [2.05, 4.69) is 23.5 Å². The van der Waals surface area contributed by atoms with Crippen LogP contribution in [0, 0.1) is 11.3 Å². The molecule has 2 nitrogen and oxygen atoms in total. The maximum Gasteiger partial charge on any atom is 0.123 e. The third-order valence-corrected chi connectivity index (χ3v) is 6.99. The first-order chi connectivity index (χ1) is 9.33. The van der Waals surface area contributed by atoms with E-state index in [1.54, 1.807) is 11.1 Å². The largest absolute Gasteiger partial charge is 0.489 e. The number of hydrogen-bond acceptors (Lipinski definition) is 2. The van der Waals surface area contributed by atoms with Gasteiger partial charge in [0.1, 0.15) is 11.9 Å². The van der Waals surface area contributed by atoms with E-state index in [1.807, 2.05) is 0 Å². The van der Waals surface area contributed by atoms with Crippen molar-refractivity contribution in [3.63, 3.8) is 0 Å². The second-order valence-corrected chi connectivity index (χ2v) is 7.55. The SMILES string of the molecule is c1cc2c3c(c1)O[C@H]1CCCC4C5NCC5(C2)CC341. The lowest BCUT2D eigenvalue weighted by Crippen LogP contribution is -2.62. The highest BCUT2D eigenvalue weighted by Crippen LogP contribution is 2.71. The summed E-state index contributed by atoms with van der Waals surface area (Å²) in [7, 11) is 0. The van der Waals surface area contributed by atoms with Crippen LogP contribution in [0.1, 0.15) is 36.8 Å². The molecule has 6 rings (SSSR count). The van der Waals surface area contributed by atoms with Crippen molar-refractivity contribution in [1.82, 2.24) is 5.32 Å². The molecule has 2 spiro atoms. The maximum absolute atomic E-state index is 6.42. The van der Waals surface area contributed by atoms with Gasteiger partial charge in [0.2, 0.25) is 0 Å². The average Bonchev–Trinajstić information content (AvgIpc) is 2.80. The molecule has 1 aromatic carbocycles. The summed E-state index contributed by atoms with van der Waals surface area (Å²) >= 11 is 0. The van der Waals surface area contributed by atoms with E-state index in [-0.39, 0.29) is 0 Å². The van der Waals surface area contributed by atoms with Crippen LogP contribution in [0.5, 0.6) is 5.75 Å². The third kappa shape index (κ3) is 0.825. The Hall–Kier alpha value is -1.02. The zero-order valence-corrected chi connectivity index (χ0v) is 11.1. The van der Waals surface area contributed by atoms with Gasteiger partial charge in [0.05, 0.1) is 0 Å². The molecule has 1 saturated heterocycles. The molecule has 0 amide bonds. The summed E-state index contributed by atoms with van der Waals surface area (Å²) in [5.41, 5.74) is 4.21. The zero-order valence-electron chi connectivity index (χ0n) is 11.1. The van der Waals surface area contributed by atoms with Crippen molar-refractivity contribution in [2.24, 2.45) is 11.3 Å². The highest BCUT2D eigenvalue weighted by Gasteiger charge is 2.73. The van der Waals surface area contributed by atoms with Crippen LogP contribution in [0.15, 0.2) is 18.2 Å². The molecule has 5 aliphatic rings. The van der Waals surface area contributed by atoms with Crippen molar-refractivity contribution in [2.75, 3.05) is 6.54 Å². The first-order valence-electron chi connectivity index (χ1n) is 7.86. The van der Waals surface area contributed by atoms with Gasteiger partial charge in [0.25, 0.3) is 0 Å². The van der Waals surface area contributed by atoms with E-state index in [1.165, 1.54) is 44.4 Å². The number of fused-ring (bicyclic) bond motifs is 1. The lowest BCUT2D eigenvalue weighted by atomic mass is 9.59. The van der Waals surface area contributed by atoms with E-state index < -0.39 is 0 Å². The Labute approximate surface area is 113 Å². The van der Waals surface area contributed by atoms with E-state index in [9.17, 15) is 0 Å². The predicted octanol–water partition coefficient (Wildman–Crippen LogP) is 2.40. The van der Waals surface area contributed by atoms with Crippen LogP contribution >= 0.6 is 0 Å². The molecule has 4 unspecified atom stereocenters. The molecule has 3 aliphatic carbocycles. The number of ether oxygens (including phenoxy) is 1. The molecular weight excluding hydrogens is 234 g/mol. The van der Waals surface area contributed by atoms with Crippen LogP contribution in [-0.2, 0) is 11.8 Å². The minimum atomic E-state index is 0.386. The van der Waals surface area contributed by atoms with Crippen molar-refractivity contribution in [3.05, 3.63) is 29.3 Å². The molecule has 3 fully saturated rings. The van der Waals surface area contributed by atoms with Crippen LogP contribution < -0.4 is 10.1 Å². The van der Waals surface area contributed by atoms with Gasteiger partial charge in [-0.1, -0.05) is 12.1 Å². The highest BCUT2D eigenvalue weighted by atomic mass is 16.5. The van der Waals surface area contributed by atoms with Gasteiger partial charge in [-0.15, -0.1) is 0 Å². The fourth-order valence-corrected chi connectivity index (χ4v) is 6.54. The molecule has 2 aliphatic heterocycles. The Balaban J connectivity index is 1.72. The molecule has 1 N–H and O–H groups in total. The molecule has 2 saturated carbocycles. The van der Waals surface area contributed by atoms with E-state index in [4.69, 9.17) is 4.74 Å². The molecule has 1 aromatic rings. The second-order valence-electron chi connectivity index (χ2n) is 7.55. The molecule has 5 atom stereocenters. The van der Waals surface area contributed by atoms with Gasteiger partial charge in [0, 0.05) is 29.0 Å². The van der Waals surface area contributed by atoms with Crippen molar-refractivity contribution in [1.29, 1.82) is 0 Å². The molecule has 0 radical (unpaired) electrons. The maximum atomic E-state index is 6.42. The summed E-state index contributed by atoms with van der Waals surface area (Å²) in [5, 5.41) is 3.79. The number of rotatable bonds is 0. The van der Waals surface area contributed by atoms with Gasteiger partial charge in [-0.05, 0) is 49.7 Å². The van der Waals surface area contributed by atoms with Crippen LogP contribution in [0.4, 0.5) is 0 Å². The minimum Gasteiger partial charge on any atom is -0.489 e. The molecule has 2 heteroatoms. The lowest BCUT2D eigenvalue weighted by Gasteiger charge is -2.48. The Kier molecular flexibility index (Phi) is 1.40. The summed E-state index contributed by atoms with van der Waals surface area (Å²) in [4.78, 5) is 0. The summed E-state index contributed by atoms with van der Waals surface area (Å²) < 4.78 is 6.42.